The van der Waals surface area contributed by atoms with E-state index in [1.54, 1.807) is 20.3 Å². The first-order valence-electron chi connectivity index (χ1n) is 8.94. The van der Waals surface area contributed by atoms with Crippen LogP contribution >= 0.6 is 0 Å². The average molecular weight is 375 g/mol. The van der Waals surface area contributed by atoms with E-state index < -0.39 is 0 Å². The van der Waals surface area contributed by atoms with Gasteiger partial charge in [0, 0.05) is 44.4 Å². The molecule has 0 spiro atoms. The minimum atomic E-state index is -0.00836. The van der Waals surface area contributed by atoms with Crippen LogP contribution in [-0.2, 0) is 6.54 Å². The van der Waals surface area contributed by atoms with E-state index in [9.17, 15) is 4.79 Å². The minimum Gasteiger partial charge on any atom is -0.497 e. The lowest BCUT2D eigenvalue weighted by Crippen LogP contribution is -2.51. The van der Waals surface area contributed by atoms with Gasteiger partial charge in [-0.2, -0.15) is 4.98 Å². The molecule has 0 saturated carbocycles. The van der Waals surface area contributed by atoms with E-state index in [4.69, 9.17) is 14.0 Å². The quantitative estimate of drug-likeness (QED) is 0.820. The van der Waals surface area contributed by atoms with E-state index >= 15 is 0 Å². The van der Waals surface area contributed by atoms with Crippen molar-refractivity contribution >= 4 is 6.03 Å². The predicted octanol–water partition coefficient (Wildman–Crippen LogP) is 1.60. The Morgan fingerprint density at radius 2 is 1.81 bits per heavy atom. The molecule has 0 unspecified atom stereocenters. The molecule has 1 aromatic heterocycles. The monoisotopic (exact) mass is 375 g/mol. The third-order valence-corrected chi connectivity index (χ3v) is 4.42. The number of methoxy groups -OCH3 is 2. The Balaban J connectivity index is 1.61. The number of nitrogens with one attached hydrogen (secondary N) is 1. The van der Waals surface area contributed by atoms with E-state index in [-0.39, 0.29) is 6.03 Å². The van der Waals surface area contributed by atoms with Crippen molar-refractivity contribution in [1.29, 1.82) is 0 Å². The maximum absolute atomic E-state index is 11.9. The van der Waals surface area contributed by atoms with Crippen LogP contribution in [0.4, 0.5) is 4.79 Å². The molecule has 1 N–H and O–H groups in total. The van der Waals surface area contributed by atoms with E-state index in [1.165, 1.54) is 0 Å². The van der Waals surface area contributed by atoms with Crippen LogP contribution in [0.15, 0.2) is 22.7 Å². The van der Waals surface area contributed by atoms with Crippen LogP contribution in [0, 0.1) is 0 Å². The Labute approximate surface area is 158 Å². The van der Waals surface area contributed by atoms with Crippen LogP contribution in [0.5, 0.6) is 11.5 Å². The molecule has 1 fully saturated rings. The highest BCUT2D eigenvalue weighted by Gasteiger charge is 2.22. The number of carbonyl (C=O) groups excluding carboxylic acids is 1. The van der Waals surface area contributed by atoms with Gasteiger partial charge in [-0.05, 0) is 19.1 Å². The number of rotatable bonds is 6. The molecule has 1 saturated heterocycles. The van der Waals surface area contributed by atoms with Crippen molar-refractivity contribution in [2.45, 2.75) is 13.5 Å². The molecule has 0 atom stereocenters. The fraction of sp³-hybridized carbons (Fsp3) is 0.500. The van der Waals surface area contributed by atoms with E-state index in [2.05, 4.69) is 20.4 Å². The van der Waals surface area contributed by atoms with Crippen LogP contribution in [0.1, 0.15) is 12.7 Å². The molecule has 0 bridgehead atoms. The first kappa shape index (κ1) is 19.0. The van der Waals surface area contributed by atoms with Crippen LogP contribution in [0.25, 0.3) is 11.5 Å². The molecule has 2 amide bonds. The molecule has 3 rings (SSSR count). The maximum Gasteiger partial charge on any atom is 0.317 e. The summed E-state index contributed by atoms with van der Waals surface area (Å²) < 4.78 is 16.0. The molecule has 2 heterocycles. The molecule has 0 aliphatic carbocycles. The number of hydrogen-bond acceptors (Lipinski definition) is 7. The largest absolute Gasteiger partial charge is 0.497 e. The molecule has 146 valence electrons. The van der Waals surface area contributed by atoms with Crippen molar-refractivity contribution in [2.75, 3.05) is 46.9 Å². The van der Waals surface area contributed by atoms with Crippen LogP contribution in [-0.4, -0.2) is 72.9 Å². The van der Waals surface area contributed by atoms with Gasteiger partial charge in [0.15, 0.2) is 5.82 Å². The van der Waals surface area contributed by atoms with Crippen molar-refractivity contribution in [3.05, 3.63) is 24.0 Å². The lowest BCUT2D eigenvalue weighted by Gasteiger charge is -2.33. The van der Waals surface area contributed by atoms with Gasteiger partial charge in [0.1, 0.15) is 11.5 Å². The number of hydrogen-bond donors (Lipinski definition) is 1. The van der Waals surface area contributed by atoms with Gasteiger partial charge in [0.05, 0.1) is 20.8 Å². The van der Waals surface area contributed by atoms with Crippen LogP contribution in [0.2, 0.25) is 0 Å². The zero-order valence-corrected chi connectivity index (χ0v) is 15.9. The standard InChI is InChI=1S/C18H25N5O4/c1-4-19-18(24)23-7-5-22(6-8-23)12-16-20-17(27-21-16)13-9-14(25-2)11-15(10-13)26-3/h9-11H,4-8,12H2,1-3H3,(H,19,24). The second kappa shape index (κ2) is 8.72. The molecule has 0 radical (unpaired) electrons. The predicted molar refractivity (Wildman–Crippen MR) is 98.8 cm³/mol. The minimum absolute atomic E-state index is 0.00836. The number of benzene rings is 1. The van der Waals surface area contributed by atoms with Crippen molar-refractivity contribution in [2.24, 2.45) is 0 Å². The molecule has 2 aromatic rings. The molecular formula is C18H25N5O4. The van der Waals surface area contributed by atoms with Gasteiger partial charge < -0.3 is 24.2 Å². The lowest BCUT2D eigenvalue weighted by molar-refractivity contribution is 0.133. The Kier molecular flexibility index (Phi) is 6.12. The first-order chi connectivity index (χ1) is 13.1. The van der Waals surface area contributed by atoms with Crippen molar-refractivity contribution in [3.8, 4) is 23.0 Å². The summed E-state index contributed by atoms with van der Waals surface area (Å²) in [5.41, 5.74) is 0.742. The van der Waals surface area contributed by atoms with Crippen LogP contribution in [0.3, 0.4) is 0 Å². The third kappa shape index (κ3) is 4.68. The summed E-state index contributed by atoms with van der Waals surface area (Å²) in [7, 11) is 3.19. The summed E-state index contributed by atoms with van der Waals surface area (Å²) in [5.74, 6) is 2.34. The van der Waals surface area contributed by atoms with Crippen molar-refractivity contribution in [1.82, 2.24) is 25.3 Å². The third-order valence-electron chi connectivity index (χ3n) is 4.42. The zero-order chi connectivity index (χ0) is 19.2. The van der Waals surface area contributed by atoms with E-state index in [0.29, 0.717) is 49.4 Å². The Bertz CT molecular complexity index is 749. The molecule has 9 heteroatoms. The lowest BCUT2D eigenvalue weighted by atomic mass is 10.2. The summed E-state index contributed by atoms with van der Waals surface area (Å²) in [4.78, 5) is 20.4. The second-order valence-electron chi connectivity index (χ2n) is 6.22. The highest BCUT2D eigenvalue weighted by molar-refractivity contribution is 5.74. The van der Waals surface area contributed by atoms with Gasteiger partial charge in [-0.25, -0.2) is 4.79 Å². The van der Waals surface area contributed by atoms with E-state index in [0.717, 1.165) is 18.7 Å². The van der Waals surface area contributed by atoms with Gasteiger partial charge in [-0.3, -0.25) is 4.90 Å². The highest BCUT2D eigenvalue weighted by atomic mass is 16.5. The molecular weight excluding hydrogens is 350 g/mol. The summed E-state index contributed by atoms with van der Waals surface area (Å²) in [5, 5.41) is 6.91. The number of piperazine rings is 1. The van der Waals surface area contributed by atoms with Gasteiger partial charge in [0.25, 0.3) is 5.89 Å². The number of ether oxygens (including phenoxy) is 2. The summed E-state index contributed by atoms with van der Waals surface area (Å²) >= 11 is 0. The van der Waals surface area contributed by atoms with Crippen molar-refractivity contribution in [3.63, 3.8) is 0 Å². The number of amides is 2. The number of nitrogens with zero attached hydrogens (tertiary/aromatic N) is 4. The fourth-order valence-corrected chi connectivity index (χ4v) is 2.94. The first-order valence-corrected chi connectivity index (χ1v) is 8.94. The van der Waals surface area contributed by atoms with E-state index in [1.807, 2.05) is 24.0 Å². The normalized spacial score (nSPS) is 14.9. The van der Waals surface area contributed by atoms with Gasteiger partial charge in [-0.15, -0.1) is 0 Å². The SMILES string of the molecule is CCNC(=O)N1CCN(Cc2noc(-c3cc(OC)cc(OC)c3)n2)CC1. The summed E-state index contributed by atoms with van der Waals surface area (Å²) in [6, 6.07) is 5.43. The Morgan fingerprint density at radius 3 is 2.41 bits per heavy atom. The number of carbonyl (C=O) groups is 1. The Hall–Kier alpha value is -2.81. The fourth-order valence-electron chi connectivity index (χ4n) is 2.94. The summed E-state index contributed by atoms with van der Waals surface area (Å²) in [6.07, 6.45) is 0. The maximum atomic E-state index is 11.9. The average Bonchev–Trinajstić information content (AvgIpc) is 3.16. The zero-order valence-electron chi connectivity index (χ0n) is 15.9. The van der Waals surface area contributed by atoms with Crippen molar-refractivity contribution < 1.29 is 18.8 Å². The van der Waals surface area contributed by atoms with Gasteiger partial charge in [-0.1, -0.05) is 5.16 Å². The molecule has 1 aromatic carbocycles. The molecule has 1 aliphatic rings. The number of urea groups is 1. The second-order valence-corrected chi connectivity index (χ2v) is 6.22. The molecule has 1 aliphatic heterocycles. The smallest absolute Gasteiger partial charge is 0.317 e. The van der Waals surface area contributed by atoms with Gasteiger partial charge >= 0.3 is 6.03 Å². The number of aromatic nitrogens is 2. The molecule has 27 heavy (non-hydrogen) atoms. The van der Waals surface area contributed by atoms with Gasteiger partial charge in [0.2, 0.25) is 0 Å². The topological polar surface area (TPSA) is 93.0 Å². The van der Waals surface area contributed by atoms with Crippen LogP contribution < -0.4 is 14.8 Å². The highest BCUT2D eigenvalue weighted by Crippen LogP contribution is 2.28. The Morgan fingerprint density at radius 1 is 1.15 bits per heavy atom. The molecule has 9 nitrogen and oxygen atoms in total. The summed E-state index contributed by atoms with van der Waals surface area (Å²) in [6.45, 7) is 6.04.